The topological polar surface area (TPSA) is 61.8 Å². The van der Waals surface area contributed by atoms with Gasteiger partial charge in [-0.05, 0) is 72.3 Å². The van der Waals surface area contributed by atoms with Crippen LogP contribution >= 0.6 is 0 Å². The van der Waals surface area contributed by atoms with Crippen LogP contribution in [0.15, 0.2) is 78.9 Å². The molecule has 0 fully saturated rings. The zero-order valence-electron chi connectivity index (χ0n) is 16.1. The Kier molecular flexibility index (Phi) is 6.43. The van der Waals surface area contributed by atoms with Crippen LogP contribution in [0, 0.1) is 0 Å². The quantitative estimate of drug-likeness (QED) is 0.251. The van der Waals surface area contributed by atoms with E-state index in [4.69, 9.17) is 14.2 Å². The summed E-state index contributed by atoms with van der Waals surface area (Å²) in [6, 6.07) is 20.5. The summed E-state index contributed by atoms with van der Waals surface area (Å²) >= 11 is 0. The van der Waals surface area contributed by atoms with Crippen LogP contribution in [0.2, 0.25) is 0 Å². The molecule has 0 aliphatic carbocycles. The van der Waals surface area contributed by atoms with Crippen molar-refractivity contribution in [2.45, 2.75) is 0 Å². The van der Waals surface area contributed by atoms with E-state index in [-0.39, 0.29) is 5.78 Å². The first kappa shape index (κ1) is 19.9. The molecular formula is C24H20O5. The van der Waals surface area contributed by atoms with E-state index in [9.17, 15) is 9.59 Å². The van der Waals surface area contributed by atoms with Crippen molar-refractivity contribution >= 4 is 17.8 Å². The first-order chi connectivity index (χ1) is 14.1. The Morgan fingerprint density at radius 2 is 1.31 bits per heavy atom. The number of hydrogen-bond donors (Lipinski definition) is 0. The van der Waals surface area contributed by atoms with Gasteiger partial charge in [-0.25, -0.2) is 4.79 Å². The van der Waals surface area contributed by atoms with E-state index in [1.165, 1.54) is 6.08 Å². The van der Waals surface area contributed by atoms with Crippen LogP contribution in [0.4, 0.5) is 0 Å². The second-order valence-electron chi connectivity index (χ2n) is 6.12. The van der Waals surface area contributed by atoms with E-state index < -0.39 is 5.97 Å². The van der Waals surface area contributed by atoms with E-state index >= 15 is 0 Å². The maximum absolute atomic E-state index is 12.3. The van der Waals surface area contributed by atoms with Crippen molar-refractivity contribution in [3.8, 4) is 17.2 Å². The number of hydrogen-bond acceptors (Lipinski definition) is 5. The Balaban J connectivity index is 1.67. The van der Waals surface area contributed by atoms with Gasteiger partial charge in [0.25, 0.3) is 0 Å². The van der Waals surface area contributed by atoms with Gasteiger partial charge in [-0.15, -0.1) is 0 Å². The molecule has 3 rings (SSSR count). The molecule has 0 atom stereocenters. The Morgan fingerprint density at radius 1 is 0.724 bits per heavy atom. The lowest BCUT2D eigenvalue weighted by molar-refractivity contribution is 0.0734. The summed E-state index contributed by atoms with van der Waals surface area (Å²) in [5, 5.41) is 0. The molecule has 5 nitrogen and oxygen atoms in total. The van der Waals surface area contributed by atoms with Crippen molar-refractivity contribution in [3.63, 3.8) is 0 Å². The lowest BCUT2D eigenvalue weighted by Gasteiger charge is -2.06. The number of esters is 1. The number of benzene rings is 3. The van der Waals surface area contributed by atoms with E-state index in [2.05, 4.69) is 0 Å². The third-order valence-corrected chi connectivity index (χ3v) is 4.20. The summed E-state index contributed by atoms with van der Waals surface area (Å²) in [5.74, 6) is 1.15. The molecule has 0 saturated carbocycles. The monoisotopic (exact) mass is 388 g/mol. The normalized spacial score (nSPS) is 10.6. The first-order valence-electron chi connectivity index (χ1n) is 8.92. The van der Waals surface area contributed by atoms with Gasteiger partial charge < -0.3 is 14.2 Å². The van der Waals surface area contributed by atoms with Gasteiger partial charge >= 0.3 is 5.97 Å². The molecule has 5 heteroatoms. The zero-order valence-corrected chi connectivity index (χ0v) is 16.1. The van der Waals surface area contributed by atoms with Crippen LogP contribution in [0.3, 0.4) is 0 Å². The molecular weight excluding hydrogens is 368 g/mol. The van der Waals surface area contributed by atoms with Gasteiger partial charge in [0.2, 0.25) is 0 Å². The molecule has 3 aromatic rings. The molecule has 0 aliphatic rings. The lowest BCUT2D eigenvalue weighted by atomic mass is 10.1. The third-order valence-electron chi connectivity index (χ3n) is 4.20. The average Bonchev–Trinajstić information content (AvgIpc) is 2.77. The molecule has 0 spiro atoms. The molecule has 0 unspecified atom stereocenters. The van der Waals surface area contributed by atoms with Gasteiger partial charge in [0.15, 0.2) is 5.78 Å². The molecule has 0 aliphatic heterocycles. The summed E-state index contributed by atoms with van der Waals surface area (Å²) in [4.78, 5) is 24.6. The maximum Gasteiger partial charge on any atom is 0.343 e. The maximum atomic E-state index is 12.3. The van der Waals surface area contributed by atoms with Crippen molar-refractivity contribution in [2.75, 3.05) is 14.2 Å². The van der Waals surface area contributed by atoms with Crippen LogP contribution in [0.5, 0.6) is 17.2 Å². The smallest absolute Gasteiger partial charge is 0.343 e. The van der Waals surface area contributed by atoms with Gasteiger partial charge in [0.1, 0.15) is 17.2 Å². The highest BCUT2D eigenvalue weighted by atomic mass is 16.5. The number of ether oxygens (including phenoxy) is 3. The van der Waals surface area contributed by atoms with Crippen LogP contribution < -0.4 is 14.2 Å². The van der Waals surface area contributed by atoms with Crippen LogP contribution in [-0.4, -0.2) is 26.0 Å². The Bertz CT molecular complexity index is 1020. The summed E-state index contributed by atoms with van der Waals surface area (Å²) in [6.45, 7) is 0. The van der Waals surface area contributed by atoms with E-state index in [0.717, 1.165) is 5.56 Å². The second kappa shape index (κ2) is 9.37. The molecule has 0 amide bonds. The number of methoxy groups -OCH3 is 2. The van der Waals surface area contributed by atoms with Gasteiger partial charge in [0.05, 0.1) is 19.8 Å². The fourth-order valence-electron chi connectivity index (χ4n) is 2.60. The number of ketones is 1. The molecule has 3 aromatic carbocycles. The molecule has 0 radical (unpaired) electrons. The number of carbonyl (C=O) groups excluding carboxylic acids is 2. The Labute approximate surface area is 169 Å². The minimum atomic E-state index is -0.469. The largest absolute Gasteiger partial charge is 0.497 e. The molecule has 29 heavy (non-hydrogen) atoms. The average molecular weight is 388 g/mol. The zero-order chi connectivity index (χ0) is 20.6. The van der Waals surface area contributed by atoms with Crippen LogP contribution in [0.1, 0.15) is 26.3 Å². The highest BCUT2D eigenvalue weighted by Crippen LogP contribution is 2.18. The minimum Gasteiger partial charge on any atom is -0.497 e. The second-order valence-corrected chi connectivity index (χ2v) is 6.12. The predicted octanol–water partition coefficient (Wildman–Crippen LogP) is 4.82. The van der Waals surface area contributed by atoms with Gasteiger partial charge in [-0.3, -0.25) is 4.79 Å². The Morgan fingerprint density at radius 3 is 1.90 bits per heavy atom. The number of carbonyl (C=O) groups is 2. The standard InChI is InChI=1S/C24H20O5/c1-27-20-11-7-18(8-12-20)23(25)15-6-17-4-3-5-22(16-17)29-24(26)19-9-13-21(28-2)14-10-19/h3-16H,1-2H3/b15-6+. The van der Waals surface area contributed by atoms with Gasteiger partial charge in [-0.2, -0.15) is 0 Å². The van der Waals surface area contributed by atoms with Crippen molar-refractivity contribution in [1.82, 2.24) is 0 Å². The van der Waals surface area contributed by atoms with Crippen molar-refractivity contribution in [2.24, 2.45) is 0 Å². The summed E-state index contributed by atoms with van der Waals surface area (Å²) in [6.07, 6.45) is 3.16. The van der Waals surface area contributed by atoms with Crippen molar-refractivity contribution in [1.29, 1.82) is 0 Å². The molecule has 0 heterocycles. The van der Waals surface area contributed by atoms with E-state index in [1.54, 1.807) is 87.0 Å². The predicted molar refractivity (Wildman–Crippen MR) is 111 cm³/mol. The molecule has 0 N–H and O–H groups in total. The summed E-state index contributed by atoms with van der Waals surface area (Å²) in [5.41, 5.74) is 1.72. The fraction of sp³-hybridized carbons (Fsp3) is 0.0833. The molecule has 0 bridgehead atoms. The molecule has 146 valence electrons. The highest BCUT2D eigenvalue weighted by Gasteiger charge is 2.09. The van der Waals surface area contributed by atoms with Crippen molar-refractivity contribution in [3.05, 3.63) is 95.6 Å². The van der Waals surface area contributed by atoms with Crippen molar-refractivity contribution < 1.29 is 23.8 Å². The molecule has 0 saturated heterocycles. The fourth-order valence-corrected chi connectivity index (χ4v) is 2.60. The van der Waals surface area contributed by atoms with Gasteiger partial charge in [-0.1, -0.05) is 18.2 Å². The van der Waals surface area contributed by atoms with Crippen LogP contribution in [-0.2, 0) is 0 Å². The SMILES string of the molecule is COc1ccc(C(=O)/C=C/c2cccc(OC(=O)c3ccc(OC)cc3)c2)cc1. The number of rotatable bonds is 7. The van der Waals surface area contributed by atoms with E-state index in [1.807, 2.05) is 6.07 Å². The first-order valence-corrected chi connectivity index (χ1v) is 8.92. The highest BCUT2D eigenvalue weighted by molar-refractivity contribution is 6.06. The lowest BCUT2D eigenvalue weighted by Crippen LogP contribution is -2.08. The van der Waals surface area contributed by atoms with Crippen LogP contribution in [0.25, 0.3) is 6.08 Å². The third kappa shape index (κ3) is 5.32. The minimum absolute atomic E-state index is 0.131. The number of allylic oxidation sites excluding steroid dienone is 1. The van der Waals surface area contributed by atoms with Gasteiger partial charge in [0, 0.05) is 5.56 Å². The summed E-state index contributed by atoms with van der Waals surface area (Å²) in [7, 11) is 3.14. The molecule has 0 aromatic heterocycles. The summed E-state index contributed by atoms with van der Waals surface area (Å²) < 4.78 is 15.6. The van der Waals surface area contributed by atoms with E-state index in [0.29, 0.717) is 28.4 Å². The Hall–Kier alpha value is -3.86.